The molecular weight excluding hydrogens is 266 g/mol. The van der Waals surface area contributed by atoms with Gasteiger partial charge in [0.2, 0.25) is 11.2 Å². The third kappa shape index (κ3) is 2.48. The molecular formula is C12H10ClN5O. The van der Waals surface area contributed by atoms with Crippen LogP contribution in [0, 0.1) is 0 Å². The number of hydrogen-bond donors (Lipinski definition) is 2. The van der Waals surface area contributed by atoms with Crippen LogP contribution in [0.15, 0.2) is 24.5 Å². The second-order valence-corrected chi connectivity index (χ2v) is 4.44. The lowest BCUT2D eigenvalue weighted by Gasteiger charge is -2.09. The highest BCUT2D eigenvalue weighted by Gasteiger charge is 2.24. The Morgan fingerprint density at radius 3 is 2.89 bits per heavy atom. The van der Waals surface area contributed by atoms with Crippen LogP contribution in [-0.2, 0) is 17.8 Å². The summed E-state index contributed by atoms with van der Waals surface area (Å²) in [5.74, 6) is 0.978. The van der Waals surface area contributed by atoms with Crippen LogP contribution in [0.3, 0.4) is 0 Å². The number of rotatable bonds is 3. The fourth-order valence-electron chi connectivity index (χ4n) is 1.90. The number of hydrogen-bond acceptors (Lipinski definition) is 5. The molecule has 0 saturated heterocycles. The van der Waals surface area contributed by atoms with E-state index in [0.717, 1.165) is 11.1 Å². The Hall–Kier alpha value is -2.21. The Balaban J connectivity index is 1.84. The third-order valence-electron chi connectivity index (χ3n) is 2.78. The Morgan fingerprint density at radius 2 is 2.11 bits per heavy atom. The van der Waals surface area contributed by atoms with Gasteiger partial charge in [-0.15, -0.1) is 0 Å². The zero-order valence-electron chi connectivity index (χ0n) is 9.85. The van der Waals surface area contributed by atoms with E-state index in [2.05, 4.69) is 25.6 Å². The van der Waals surface area contributed by atoms with Crippen LogP contribution in [0.5, 0.6) is 0 Å². The van der Waals surface area contributed by atoms with Crippen molar-refractivity contribution in [3.63, 3.8) is 0 Å². The molecule has 0 unspecified atom stereocenters. The fraction of sp³-hybridized carbons (Fsp3) is 0.167. The van der Waals surface area contributed by atoms with Crippen LogP contribution < -0.4 is 10.6 Å². The van der Waals surface area contributed by atoms with Crippen LogP contribution in [-0.4, -0.2) is 20.9 Å². The quantitative estimate of drug-likeness (QED) is 0.832. The van der Waals surface area contributed by atoms with Gasteiger partial charge in [-0.3, -0.25) is 9.78 Å². The van der Waals surface area contributed by atoms with Crippen molar-refractivity contribution in [1.82, 2.24) is 15.0 Å². The van der Waals surface area contributed by atoms with Gasteiger partial charge < -0.3 is 10.6 Å². The van der Waals surface area contributed by atoms with Crippen LogP contribution >= 0.6 is 11.6 Å². The largest absolute Gasteiger partial charge is 0.366 e. The molecule has 0 bridgehead atoms. The summed E-state index contributed by atoms with van der Waals surface area (Å²) in [6.07, 6.45) is 3.71. The molecule has 7 heteroatoms. The molecule has 0 saturated carbocycles. The van der Waals surface area contributed by atoms with Crippen LogP contribution in [0.25, 0.3) is 0 Å². The average Bonchev–Trinajstić information content (AvgIpc) is 2.77. The fourth-order valence-corrected chi connectivity index (χ4v) is 2.07. The highest BCUT2D eigenvalue weighted by atomic mass is 35.5. The summed E-state index contributed by atoms with van der Waals surface area (Å²) in [5.41, 5.74) is 1.82. The first-order valence-corrected chi connectivity index (χ1v) is 6.09. The Morgan fingerprint density at radius 1 is 1.32 bits per heavy atom. The van der Waals surface area contributed by atoms with Gasteiger partial charge in [-0.1, -0.05) is 0 Å². The first-order chi connectivity index (χ1) is 9.22. The van der Waals surface area contributed by atoms with E-state index in [1.54, 1.807) is 12.4 Å². The highest BCUT2D eigenvalue weighted by Crippen LogP contribution is 2.28. The molecule has 2 aromatic heterocycles. The molecule has 0 radical (unpaired) electrons. The second-order valence-electron chi connectivity index (χ2n) is 4.10. The maximum Gasteiger partial charge on any atom is 0.230 e. The Kier molecular flexibility index (Phi) is 3.00. The van der Waals surface area contributed by atoms with Gasteiger partial charge in [0.1, 0.15) is 11.6 Å². The number of nitrogens with zero attached hydrogens (tertiary/aromatic N) is 3. The molecule has 1 aliphatic rings. The second kappa shape index (κ2) is 4.81. The van der Waals surface area contributed by atoms with Gasteiger partial charge in [0.15, 0.2) is 0 Å². The monoisotopic (exact) mass is 275 g/mol. The molecule has 2 aromatic rings. The summed E-state index contributed by atoms with van der Waals surface area (Å²) in [5, 5.41) is 5.93. The van der Waals surface area contributed by atoms with Crippen molar-refractivity contribution in [3.05, 3.63) is 40.9 Å². The van der Waals surface area contributed by atoms with Gasteiger partial charge in [-0.05, 0) is 29.3 Å². The molecule has 0 spiro atoms. The van der Waals surface area contributed by atoms with Crippen molar-refractivity contribution in [1.29, 1.82) is 0 Å². The molecule has 3 heterocycles. The minimum absolute atomic E-state index is 0.0986. The number of fused-ring (bicyclic) bond motifs is 1. The predicted molar refractivity (Wildman–Crippen MR) is 70.9 cm³/mol. The lowest BCUT2D eigenvalue weighted by Crippen LogP contribution is -2.05. The maximum atomic E-state index is 11.4. The van der Waals surface area contributed by atoms with Gasteiger partial charge >= 0.3 is 0 Å². The summed E-state index contributed by atoms with van der Waals surface area (Å²) in [4.78, 5) is 23.5. The number of nitrogens with one attached hydrogen (secondary N) is 2. The van der Waals surface area contributed by atoms with E-state index in [0.29, 0.717) is 18.2 Å². The SMILES string of the molecule is O=C1Cc2c(NCc3ccncc3)nc(Cl)nc2N1. The van der Waals surface area contributed by atoms with Crippen LogP contribution in [0.2, 0.25) is 5.28 Å². The van der Waals surface area contributed by atoms with Crippen LogP contribution in [0.4, 0.5) is 11.6 Å². The van der Waals surface area contributed by atoms with Crippen molar-refractivity contribution >= 4 is 29.1 Å². The summed E-state index contributed by atoms with van der Waals surface area (Å²) >= 11 is 5.83. The van der Waals surface area contributed by atoms with Gasteiger partial charge in [-0.2, -0.15) is 4.98 Å². The summed E-state index contributed by atoms with van der Waals surface area (Å²) in [6.45, 7) is 0.580. The zero-order valence-corrected chi connectivity index (χ0v) is 10.6. The van der Waals surface area contributed by atoms with E-state index in [4.69, 9.17) is 11.6 Å². The lowest BCUT2D eigenvalue weighted by atomic mass is 10.2. The van der Waals surface area contributed by atoms with Gasteiger partial charge in [0.05, 0.1) is 6.42 Å². The third-order valence-corrected chi connectivity index (χ3v) is 2.95. The smallest absolute Gasteiger partial charge is 0.230 e. The number of anilines is 2. The normalized spacial score (nSPS) is 13.0. The molecule has 1 aliphatic heterocycles. The van der Waals surface area contributed by atoms with E-state index >= 15 is 0 Å². The van der Waals surface area contributed by atoms with Crippen molar-refractivity contribution in [2.24, 2.45) is 0 Å². The summed E-state index contributed by atoms with van der Waals surface area (Å²) < 4.78 is 0. The lowest BCUT2D eigenvalue weighted by molar-refractivity contribution is -0.115. The van der Waals surface area contributed by atoms with Gasteiger partial charge in [0.25, 0.3) is 0 Å². The molecule has 3 rings (SSSR count). The van der Waals surface area contributed by atoms with Gasteiger partial charge in [0, 0.05) is 24.5 Å². The molecule has 0 aromatic carbocycles. The molecule has 2 N–H and O–H groups in total. The van der Waals surface area contributed by atoms with E-state index in [1.807, 2.05) is 12.1 Å². The predicted octanol–water partition coefficient (Wildman–Crippen LogP) is 1.63. The molecule has 6 nitrogen and oxygen atoms in total. The number of carbonyl (C=O) groups excluding carboxylic acids is 1. The van der Waals surface area contributed by atoms with Crippen molar-refractivity contribution in [2.75, 3.05) is 10.6 Å². The van der Waals surface area contributed by atoms with Crippen molar-refractivity contribution in [3.8, 4) is 0 Å². The average molecular weight is 276 g/mol. The molecule has 0 fully saturated rings. The van der Waals surface area contributed by atoms with Gasteiger partial charge in [-0.25, -0.2) is 4.98 Å². The number of pyridine rings is 1. The van der Waals surface area contributed by atoms with Crippen LogP contribution in [0.1, 0.15) is 11.1 Å². The Labute approximate surface area is 114 Å². The van der Waals surface area contributed by atoms with Crippen molar-refractivity contribution in [2.45, 2.75) is 13.0 Å². The first-order valence-electron chi connectivity index (χ1n) is 5.71. The number of aromatic nitrogens is 3. The maximum absolute atomic E-state index is 11.4. The topological polar surface area (TPSA) is 79.8 Å². The standard InChI is InChI=1S/C12H10ClN5O/c13-12-17-10(8-5-9(19)16-11(8)18-12)15-6-7-1-3-14-4-2-7/h1-4H,5-6H2,(H2,15,16,17,18,19). The van der Waals surface area contributed by atoms with E-state index < -0.39 is 0 Å². The summed E-state index contributed by atoms with van der Waals surface area (Å²) in [7, 11) is 0. The highest BCUT2D eigenvalue weighted by molar-refractivity contribution is 6.28. The minimum Gasteiger partial charge on any atom is -0.366 e. The zero-order chi connectivity index (χ0) is 13.2. The molecule has 19 heavy (non-hydrogen) atoms. The van der Waals surface area contributed by atoms with Crippen molar-refractivity contribution < 1.29 is 4.79 Å². The Bertz CT molecular complexity index is 632. The van der Waals surface area contributed by atoms with E-state index in [1.165, 1.54) is 0 Å². The first kappa shape index (κ1) is 11.9. The molecule has 0 atom stereocenters. The molecule has 0 aliphatic carbocycles. The number of halogens is 1. The number of carbonyl (C=O) groups is 1. The van der Waals surface area contributed by atoms with E-state index in [9.17, 15) is 4.79 Å². The molecule has 96 valence electrons. The molecule has 1 amide bonds. The minimum atomic E-state index is -0.0986. The summed E-state index contributed by atoms with van der Waals surface area (Å²) in [6, 6.07) is 3.80. The van der Waals surface area contributed by atoms with E-state index in [-0.39, 0.29) is 17.6 Å². The number of amides is 1.